The van der Waals surface area contributed by atoms with E-state index >= 15 is 0 Å². The Labute approximate surface area is 262 Å². The van der Waals surface area contributed by atoms with E-state index in [1.165, 1.54) is 28.8 Å². The molecule has 1 aliphatic heterocycles. The molecule has 8 nitrogen and oxygen atoms in total. The number of thioether (sulfide) groups is 1. The van der Waals surface area contributed by atoms with Crippen LogP contribution in [0.25, 0.3) is 16.9 Å². The van der Waals surface area contributed by atoms with Gasteiger partial charge in [0.15, 0.2) is 0 Å². The maximum Gasteiger partial charge on any atom is 0.240 e. The van der Waals surface area contributed by atoms with Crippen molar-refractivity contribution in [2.24, 2.45) is 0 Å². The molecule has 44 heavy (non-hydrogen) atoms. The Morgan fingerprint density at radius 3 is 2.50 bits per heavy atom. The number of aromatic nitrogens is 3. The highest BCUT2D eigenvalue weighted by Crippen LogP contribution is 2.48. The molecule has 0 fully saturated rings. The van der Waals surface area contributed by atoms with Gasteiger partial charge in [-0.2, -0.15) is 5.10 Å². The normalized spacial score (nSPS) is 14.6. The van der Waals surface area contributed by atoms with Crippen molar-refractivity contribution in [1.82, 2.24) is 20.1 Å². The van der Waals surface area contributed by atoms with Gasteiger partial charge in [-0.3, -0.25) is 19.5 Å². The average molecular weight is 628 g/mol. The fraction of sp³-hybridized carbons (Fsp3) is 0.152. The summed E-state index contributed by atoms with van der Waals surface area (Å²) < 4.78 is 21.1. The Kier molecular flexibility index (Phi) is 8.63. The van der Waals surface area contributed by atoms with E-state index < -0.39 is 5.25 Å². The SMILES string of the molecule is COc1ccc(-n2nc(-c3ccc(Cl)cc3)c3c2N(CC(=O)NCc2cccnc2)C(=O)CS[C@H]3c2ccc(F)cc2)cc1. The topological polar surface area (TPSA) is 89.3 Å². The van der Waals surface area contributed by atoms with E-state index in [4.69, 9.17) is 21.4 Å². The standard InChI is InChI=1S/C33H27ClFN5O3S/c1-43-27-14-12-26(13-15-27)40-33-30(31(38-40)22-4-8-24(34)9-5-22)32(23-6-10-25(35)11-7-23)44-20-29(42)39(33)19-28(41)37-18-21-3-2-16-36-17-21/h2-17,32H,18-20H2,1H3,(H,37,41)/t32-/m0/s1. The van der Waals surface area contributed by atoms with Crippen LogP contribution in [0.15, 0.2) is 97.3 Å². The predicted molar refractivity (Wildman–Crippen MR) is 170 cm³/mol. The van der Waals surface area contributed by atoms with Crippen molar-refractivity contribution in [2.45, 2.75) is 11.8 Å². The Bertz CT molecular complexity index is 1780. The van der Waals surface area contributed by atoms with Crippen LogP contribution in [0.3, 0.4) is 0 Å². The molecule has 222 valence electrons. The van der Waals surface area contributed by atoms with Gasteiger partial charge in [0.05, 0.1) is 29.5 Å². The number of carbonyl (C=O) groups excluding carboxylic acids is 2. The lowest BCUT2D eigenvalue weighted by molar-refractivity contribution is -0.123. The fourth-order valence-electron chi connectivity index (χ4n) is 5.05. The number of hydrogen-bond donors (Lipinski definition) is 1. The number of methoxy groups -OCH3 is 1. The summed E-state index contributed by atoms with van der Waals surface area (Å²) in [7, 11) is 1.59. The van der Waals surface area contributed by atoms with Crippen molar-refractivity contribution in [1.29, 1.82) is 0 Å². The third-order valence-electron chi connectivity index (χ3n) is 7.21. The number of ether oxygens (including phenoxy) is 1. The average Bonchev–Trinajstić information content (AvgIpc) is 3.37. The monoisotopic (exact) mass is 627 g/mol. The number of pyridine rings is 1. The van der Waals surface area contributed by atoms with Gasteiger partial charge in [0.1, 0.15) is 23.9 Å². The third-order valence-corrected chi connectivity index (χ3v) is 8.72. The first-order valence-corrected chi connectivity index (χ1v) is 15.2. The van der Waals surface area contributed by atoms with Crippen molar-refractivity contribution < 1.29 is 18.7 Å². The van der Waals surface area contributed by atoms with Gasteiger partial charge in [-0.05, 0) is 65.7 Å². The van der Waals surface area contributed by atoms with Crippen LogP contribution in [0.2, 0.25) is 5.02 Å². The van der Waals surface area contributed by atoms with Gasteiger partial charge < -0.3 is 10.1 Å². The molecule has 0 bridgehead atoms. The molecule has 6 rings (SSSR count). The Balaban J connectivity index is 1.52. The van der Waals surface area contributed by atoms with Crippen molar-refractivity contribution in [3.63, 3.8) is 0 Å². The summed E-state index contributed by atoms with van der Waals surface area (Å²) >= 11 is 7.64. The van der Waals surface area contributed by atoms with Crippen LogP contribution in [0.5, 0.6) is 5.75 Å². The summed E-state index contributed by atoms with van der Waals surface area (Å²) in [6.07, 6.45) is 3.34. The molecule has 0 saturated heterocycles. The van der Waals surface area contributed by atoms with Crippen LogP contribution >= 0.6 is 23.4 Å². The highest BCUT2D eigenvalue weighted by atomic mass is 35.5. The molecule has 1 N–H and O–H groups in total. The number of fused-ring (bicyclic) bond motifs is 1. The second-order valence-electron chi connectivity index (χ2n) is 10.1. The predicted octanol–water partition coefficient (Wildman–Crippen LogP) is 6.22. The zero-order valence-corrected chi connectivity index (χ0v) is 25.2. The second kappa shape index (κ2) is 12.9. The number of amides is 2. The molecule has 0 radical (unpaired) electrons. The van der Waals surface area contributed by atoms with Gasteiger partial charge in [-0.1, -0.05) is 41.9 Å². The molecule has 0 aliphatic carbocycles. The molecule has 2 amide bonds. The summed E-state index contributed by atoms with van der Waals surface area (Å²) in [4.78, 5) is 32.8. The van der Waals surface area contributed by atoms with Gasteiger partial charge in [0.2, 0.25) is 11.8 Å². The lowest BCUT2D eigenvalue weighted by atomic mass is 9.99. The van der Waals surface area contributed by atoms with E-state index in [2.05, 4.69) is 10.3 Å². The molecule has 5 aromatic rings. The number of halogens is 2. The molecule has 0 unspecified atom stereocenters. The lowest BCUT2D eigenvalue weighted by Gasteiger charge is -2.23. The van der Waals surface area contributed by atoms with Crippen molar-refractivity contribution in [3.05, 3.63) is 125 Å². The molecule has 1 aliphatic rings. The maximum absolute atomic E-state index is 14.0. The third kappa shape index (κ3) is 6.17. The molecular weight excluding hydrogens is 601 g/mol. The second-order valence-corrected chi connectivity index (χ2v) is 11.6. The van der Waals surface area contributed by atoms with Crippen molar-refractivity contribution >= 4 is 41.0 Å². The summed E-state index contributed by atoms with van der Waals surface area (Å²) in [5.74, 6) is 0.259. The Morgan fingerprint density at radius 1 is 1.07 bits per heavy atom. The minimum absolute atomic E-state index is 0.0925. The lowest BCUT2D eigenvalue weighted by Crippen LogP contribution is -2.42. The van der Waals surface area contributed by atoms with E-state index in [-0.39, 0.29) is 36.5 Å². The van der Waals surface area contributed by atoms with Crippen LogP contribution in [0, 0.1) is 5.82 Å². The highest BCUT2D eigenvalue weighted by Gasteiger charge is 2.37. The number of carbonyl (C=O) groups is 2. The van der Waals surface area contributed by atoms with Crippen LogP contribution in [0.4, 0.5) is 10.2 Å². The number of hydrogen-bond acceptors (Lipinski definition) is 6. The zero-order chi connectivity index (χ0) is 30.6. The maximum atomic E-state index is 14.0. The number of benzene rings is 3. The first-order valence-electron chi connectivity index (χ1n) is 13.8. The fourth-order valence-corrected chi connectivity index (χ4v) is 6.37. The molecule has 3 heterocycles. The van der Waals surface area contributed by atoms with Crippen LogP contribution in [0.1, 0.15) is 21.9 Å². The van der Waals surface area contributed by atoms with E-state index in [1.807, 2.05) is 30.3 Å². The minimum atomic E-state index is -0.393. The molecule has 2 aromatic heterocycles. The van der Waals surface area contributed by atoms with Crippen molar-refractivity contribution in [2.75, 3.05) is 24.3 Å². The summed E-state index contributed by atoms with van der Waals surface area (Å²) in [5.41, 5.74) is 4.43. The molecular formula is C33H27ClFN5O3S. The Hall–Kier alpha value is -4.67. The summed E-state index contributed by atoms with van der Waals surface area (Å²) in [6.45, 7) is 0.0347. The number of rotatable bonds is 8. The van der Waals surface area contributed by atoms with Crippen molar-refractivity contribution in [3.8, 4) is 22.7 Å². The smallest absolute Gasteiger partial charge is 0.240 e. The molecule has 1 atom stereocenters. The van der Waals surface area contributed by atoms with E-state index in [1.54, 1.807) is 66.6 Å². The molecule has 0 saturated carbocycles. The number of anilines is 1. The van der Waals surface area contributed by atoms with E-state index in [0.29, 0.717) is 28.0 Å². The molecule has 0 spiro atoms. The van der Waals surface area contributed by atoms with Gasteiger partial charge in [0, 0.05) is 35.1 Å². The zero-order valence-electron chi connectivity index (χ0n) is 23.6. The minimum Gasteiger partial charge on any atom is -0.497 e. The summed E-state index contributed by atoms with van der Waals surface area (Å²) in [6, 6.07) is 24.5. The van der Waals surface area contributed by atoms with Crippen LogP contribution in [-0.4, -0.2) is 46.0 Å². The Morgan fingerprint density at radius 2 is 1.82 bits per heavy atom. The van der Waals surface area contributed by atoms with Gasteiger partial charge in [-0.25, -0.2) is 9.07 Å². The van der Waals surface area contributed by atoms with Gasteiger partial charge >= 0.3 is 0 Å². The van der Waals surface area contributed by atoms with Gasteiger partial charge in [-0.15, -0.1) is 11.8 Å². The first kappa shape index (κ1) is 29.4. The van der Waals surface area contributed by atoms with E-state index in [0.717, 1.165) is 22.3 Å². The van der Waals surface area contributed by atoms with Crippen LogP contribution < -0.4 is 15.0 Å². The molecule has 3 aromatic carbocycles. The highest BCUT2D eigenvalue weighted by molar-refractivity contribution is 8.00. The van der Waals surface area contributed by atoms with E-state index in [9.17, 15) is 14.0 Å². The summed E-state index contributed by atoms with van der Waals surface area (Å²) in [5, 5.41) is 8.13. The molecule has 11 heteroatoms. The largest absolute Gasteiger partial charge is 0.497 e. The number of nitrogens with one attached hydrogen (secondary N) is 1. The number of nitrogens with zero attached hydrogens (tertiary/aromatic N) is 4. The quantitative estimate of drug-likeness (QED) is 0.220. The first-order chi connectivity index (χ1) is 21.4. The van der Waals surface area contributed by atoms with Gasteiger partial charge in [0.25, 0.3) is 0 Å². The van der Waals surface area contributed by atoms with Crippen LogP contribution in [-0.2, 0) is 16.1 Å².